The quantitative estimate of drug-likeness (QED) is 0.563. The Labute approximate surface area is 86.7 Å². The normalized spacial score (nSPS) is 9.14. The minimum absolute atomic E-state index is 0.343. The van der Waals surface area contributed by atoms with E-state index in [1.54, 1.807) is 12.1 Å². The number of hydrogen-bond acceptors (Lipinski definition) is 4. The SMILES string of the molecule is COC(=O)c1ccc(CSC#N)cc1. The highest BCUT2D eigenvalue weighted by atomic mass is 32.2. The Morgan fingerprint density at radius 1 is 1.50 bits per heavy atom. The Morgan fingerprint density at radius 3 is 2.64 bits per heavy atom. The number of esters is 1. The molecule has 1 aromatic carbocycles. The lowest BCUT2D eigenvalue weighted by Crippen LogP contribution is -2.00. The maximum absolute atomic E-state index is 11.1. The van der Waals surface area contributed by atoms with E-state index in [9.17, 15) is 4.79 Å². The minimum atomic E-state index is -0.343. The third-order valence-corrected chi connectivity index (χ3v) is 2.29. The van der Waals surface area contributed by atoms with Crippen molar-refractivity contribution in [2.45, 2.75) is 5.75 Å². The summed E-state index contributed by atoms with van der Waals surface area (Å²) in [6, 6.07) is 7.02. The lowest BCUT2D eigenvalue weighted by atomic mass is 10.1. The zero-order chi connectivity index (χ0) is 10.4. The second-order valence-electron chi connectivity index (χ2n) is 2.57. The number of nitriles is 1. The van der Waals surface area contributed by atoms with Gasteiger partial charge in [0.25, 0.3) is 0 Å². The van der Waals surface area contributed by atoms with Gasteiger partial charge in [0.15, 0.2) is 0 Å². The predicted octanol–water partition coefficient (Wildman–Crippen LogP) is 2.19. The molecule has 4 heteroatoms. The molecule has 0 spiro atoms. The molecule has 3 nitrogen and oxygen atoms in total. The average Bonchev–Trinajstić information content (AvgIpc) is 2.26. The van der Waals surface area contributed by atoms with Crippen molar-refractivity contribution in [3.05, 3.63) is 35.4 Å². The van der Waals surface area contributed by atoms with Crippen molar-refractivity contribution in [3.63, 3.8) is 0 Å². The van der Waals surface area contributed by atoms with Crippen LogP contribution in [-0.4, -0.2) is 13.1 Å². The van der Waals surface area contributed by atoms with Crippen molar-refractivity contribution in [1.82, 2.24) is 0 Å². The summed E-state index contributed by atoms with van der Waals surface area (Å²) in [5, 5.41) is 10.3. The van der Waals surface area contributed by atoms with Crippen LogP contribution in [0.25, 0.3) is 0 Å². The Hall–Kier alpha value is -1.47. The molecular weight excluding hydrogens is 198 g/mol. The van der Waals surface area contributed by atoms with Crippen LogP contribution in [0.4, 0.5) is 0 Å². The number of thioether (sulfide) groups is 1. The van der Waals surface area contributed by atoms with Gasteiger partial charge >= 0.3 is 5.97 Å². The molecule has 0 aliphatic carbocycles. The van der Waals surface area contributed by atoms with Crippen molar-refractivity contribution in [3.8, 4) is 5.40 Å². The van der Waals surface area contributed by atoms with Gasteiger partial charge in [0.2, 0.25) is 0 Å². The summed E-state index contributed by atoms with van der Waals surface area (Å²) in [5.74, 6) is 0.294. The van der Waals surface area contributed by atoms with Crippen molar-refractivity contribution in [2.75, 3.05) is 7.11 Å². The van der Waals surface area contributed by atoms with E-state index >= 15 is 0 Å². The lowest BCUT2D eigenvalue weighted by Gasteiger charge is -2.00. The van der Waals surface area contributed by atoms with E-state index < -0.39 is 0 Å². The fourth-order valence-electron chi connectivity index (χ4n) is 0.971. The molecule has 0 unspecified atom stereocenters. The fraction of sp³-hybridized carbons (Fsp3) is 0.200. The highest BCUT2D eigenvalue weighted by Gasteiger charge is 2.03. The zero-order valence-electron chi connectivity index (χ0n) is 7.69. The standard InChI is InChI=1S/C10H9NO2S/c1-13-10(12)9-4-2-8(3-5-9)6-14-7-11/h2-5H,6H2,1H3. The maximum atomic E-state index is 11.1. The van der Waals surface area contributed by atoms with Gasteiger partial charge in [0, 0.05) is 5.75 Å². The number of carbonyl (C=O) groups excluding carboxylic acids is 1. The van der Waals surface area contributed by atoms with Crippen LogP contribution in [0.15, 0.2) is 24.3 Å². The van der Waals surface area contributed by atoms with Gasteiger partial charge in [0.1, 0.15) is 5.40 Å². The largest absolute Gasteiger partial charge is 0.465 e. The van der Waals surface area contributed by atoms with E-state index in [1.165, 1.54) is 18.9 Å². The smallest absolute Gasteiger partial charge is 0.337 e. The maximum Gasteiger partial charge on any atom is 0.337 e. The van der Waals surface area contributed by atoms with E-state index in [0.717, 1.165) is 5.56 Å². The number of carbonyl (C=O) groups is 1. The van der Waals surface area contributed by atoms with E-state index in [4.69, 9.17) is 5.26 Å². The van der Waals surface area contributed by atoms with Crippen LogP contribution >= 0.6 is 11.8 Å². The molecule has 0 bridgehead atoms. The number of nitrogens with zero attached hydrogens (tertiary/aromatic N) is 1. The van der Waals surface area contributed by atoms with Crippen molar-refractivity contribution >= 4 is 17.7 Å². The first-order valence-electron chi connectivity index (χ1n) is 3.96. The van der Waals surface area contributed by atoms with Crippen LogP contribution in [-0.2, 0) is 10.5 Å². The fourth-order valence-corrected chi connectivity index (χ4v) is 1.39. The monoisotopic (exact) mass is 207 g/mol. The van der Waals surface area contributed by atoms with Crippen molar-refractivity contribution in [1.29, 1.82) is 5.26 Å². The molecule has 0 saturated heterocycles. The number of benzene rings is 1. The van der Waals surface area contributed by atoms with Crippen LogP contribution in [0.3, 0.4) is 0 Å². The number of thiocyanates is 1. The predicted molar refractivity (Wildman–Crippen MR) is 54.7 cm³/mol. The molecule has 0 aliphatic rings. The molecule has 0 amide bonds. The second-order valence-corrected chi connectivity index (χ2v) is 3.33. The molecule has 0 radical (unpaired) electrons. The zero-order valence-corrected chi connectivity index (χ0v) is 8.50. The summed E-state index contributed by atoms with van der Waals surface area (Å²) in [6.07, 6.45) is 0. The Balaban J connectivity index is 2.69. The minimum Gasteiger partial charge on any atom is -0.465 e. The molecule has 0 fully saturated rings. The van der Waals surface area contributed by atoms with Crippen LogP contribution in [0.1, 0.15) is 15.9 Å². The first-order chi connectivity index (χ1) is 6.77. The van der Waals surface area contributed by atoms with Crippen molar-refractivity contribution < 1.29 is 9.53 Å². The van der Waals surface area contributed by atoms with Crippen LogP contribution in [0, 0.1) is 10.7 Å². The summed E-state index contributed by atoms with van der Waals surface area (Å²) >= 11 is 1.17. The van der Waals surface area contributed by atoms with E-state index in [-0.39, 0.29) is 5.97 Å². The number of rotatable bonds is 3. The molecule has 0 heterocycles. The lowest BCUT2D eigenvalue weighted by molar-refractivity contribution is 0.0601. The molecule has 0 atom stereocenters. The Bertz CT molecular complexity index is 353. The molecule has 0 aromatic heterocycles. The second kappa shape index (κ2) is 5.30. The molecule has 0 saturated carbocycles. The molecular formula is C10H9NO2S. The summed E-state index contributed by atoms with van der Waals surface area (Å²) in [7, 11) is 1.35. The Morgan fingerprint density at radius 2 is 2.14 bits per heavy atom. The summed E-state index contributed by atoms with van der Waals surface area (Å²) in [4.78, 5) is 11.1. The molecule has 0 aliphatic heterocycles. The van der Waals surface area contributed by atoms with Gasteiger partial charge in [-0.3, -0.25) is 0 Å². The van der Waals surface area contributed by atoms with Crippen LogP contribution in [0.2, 0.25) is 0 Å². The van der Waals surface area contributed by atoms with E-state index in [2.05, 4.69) is 4.74 Å². The molecule has 14 heavy (non-hydrogen) atoms. The third-order valence-electron chi connectivity index (χ3n) is 1.68. The van der Waals surface area contributed by atoms with Gasteiger partial charge in [-0.25, -0.2) is 4.79 Å². The third kappa shape index (κ3) is 2.79. The van der Waals surface area contributed by atoms with E-state index in [1.807, 2.05) is 17.5 Å². The van der Waals surface area contributed by atoms with E-state index in [0.29, 0.717) is 11.3 Å². The molecule has 72 valence electrons. The summed E-state index contributed by atoms with van der Waals surface area (Å²) in [6.45, 7) is 0. The number of methoxy groups -OCH3 is 1. The highest BCUT2D eigenvalue weighted by molar-refractivity contribution is 8.02. The first-order valence-corrected chi connectivity index (χ1v) is 4.94. The Kier molecular flexibility index (Phi) is 4.02. The van der Waals surface area contributed by atoms with Gasteiger partial charge in [0.05, 0.1) is 12.7 Å². The van der Waals surface area contributed by atoms with Crippen LogP contribution in [0.5, 0.6) is 0 Å². The topological polar surface area (TPSA) is 50.1 Å². The van der Waals surface area contributed by atoms with Crippen molar-refractivity contribution in [2.24, 2.45) is 0 Å². The number of ether oxygens (including phenoxy) is 1. The van der Waals surface area contributed by atoms with Gasteiger partial charge in [-0.15, -0.1) is 0 Å². The molecule has 0 N–H and O–H groups in total. The van der Waals surface area contributed by atoms with Crippen LogP contribution < -0.4 is 0 Å². The summed E-state index contributed by atoms with van der Waals surface area (Å²) in [5.41, 5.74) is 1.54. The van der Waals surface area contributed by atoms with Gasteiger partial charge in [-0.1, -0.05) is 12.1 Å². The summed E-state index contributed by atoms with van der Waals surface area (Å²) < 4.78 is 4.56. The van der Waals surface area contributed by atoms with Gasteiger partial charge in [-0.05, 0) is 29.5 Å². The molecule has 1 rings (SSSR count). The van der Waals surface area contributed by atoms with Gasteiger partial charge in [-0.2, -0.15) is 5.26 Å². The highest BCUT2D eigenvalue weighted by Crippen LogP contribution is 2.12. The number of hydrogen-bond donors (Lipinski definition) is 0. The average molecular weight is 207 g/mol. The molecule has 1 aromatic rings. The first kappa shape index (κ1) is 10.6. The van der Waals surface area contributed by atoms with Gasteiger partial charge < -0.3 is 4.74 Å².